The lowest BCUT2D eigenvalue weighted by atomic mass is 10.2. The number of hydrogen-bond donors (Lipinski definition) is 2. The number of nitrogens with two attached hydrogens (primary N) is 1. The third-order valence-corrected chi connectivity index (χ3v) is 2.69. The molecule has 1 aromatic carbocycles. The van der Waals surface area contributed by atoms with Crippen LogP contribution in [0.15, 0.2) is 42.7 Å². The van der Waals surface area contributed by atoms with E-state index < -0.39 is 0 Å². The average molecular weight is 281 g/mol. The maximum absolute atomic E-state index is 12.2. The molecule has 1 heterocycles. The molecule has 0 saturated carbocycles. The number of methoxy groups -OCH3 is 1. The molecule has 5 heteroatoms. The number of carbonyl (C=O) groups is 1. The summed E-state index contributed by atoms with van der Waals surface area (Å²) in [6, 6.07) is 8.86. The highest BCUT2D eigenvalue weighted by Gasteiger charge is 2.09. The lowest BCUT2D eigenvalue weighted by Gasteiger charge is -2.09. The van der Waals surface area contributed by atoms with Gasteiger partial charge in [0.25, 0.3) is 5.91 Å². The van der Waals surface area contributed by atoms with E-state index in [2.05, 4.69) is 22.1 Å². The SMILES string of the molecule is COc1ccccc1NC(=O)c1cncc(C#CCN)c1. The van der Waals surface area contributed by atoms with E-state index in [1.165, 1.54) is 6.20 Å². The van der Waals surface area contributed by atoms with Crippen molar-refractivity contribution in [3.63, 3.8) is 0 Å². The van der Waals surface area contributed by atoms with Crippen molar-refractivity contribution < 1.29 is 9.53 Å². The minimum atomic E-state index is -0.275. The molecule has 1 aromatic heterocycles. The van der Waals surface area contributed by atoms with E-state index in [0.717, 1.165) is 0 Å². The Morgan fingerprint density at radius 1 is 1.38 bits per heavy atom. The number of ether oxygens (including phenoxy) is 1. The van der Waals surface area contributed by atoms with Crippen LogP contribution >= 0.6 is 0 Å². The zero-order chi connectivity index (χ0) is 15.1. The summed E-state index contributed by atoms with van der Waals surface area (Å²) in [5.74, 6) is 5.89. The molecule has 0 atom stereocenters. The first-order valence-electron chi connectivity index (χ1n) is 6.33. The minimum Gasteiger partial charge on any atom is -0.495 e. The van der Waals surface area contributed by atoms with E-state index in [1.54, 1.807) is 31.5 Å². The van der Waals surface area contributed by atoms with Gasteiger partial charge in [0, 0.05) is 18.0 Å². The molecule has 0 aliphatic carbocycles. The summed E-state index contributed by atoms with van der Waals surface area (Å²) < 4.78 is 5.19. The molecular weight excluding hydrogens is 266 g/mol. The molecule has 0 fully saturated rings. The number of rotatable bonds is 3. The van der Waals surface area contributed by atoms with Gasteiger partial charge in [0.2, 0.25) is 0 Å². The van der Waals surface area contributed by atoms with Gasteiger partial charge < -0.3 is 15.8 Å². The van der Waals surface area contributed by atoms with Gasteiger partial charge in [0.05, 0.1) is 24.9 Å². The van der Waals surface area contributed by atoms with Crippen molar-refractivity contribution in [3.8, 4) is 17.6 Å². The van der Waals surface area contributed by atoms with Crippen molar-refractivity contribution in [2.45, 2.75) is 0 Å². The summed E-state index contributed by atoms with van der Waals surface area (Å²) >= 11 is 0. The van der Waals surface area contributed by atoms with E-state index >= 15 is 0 Å². The second-order valence-electron chi connectivity index (χ2n) is 4.12. The molecule has 0 saturated heterocycles. The summed E-state index contributed by atoms with van der Waals surface area (Å²) in [7, 11) is 1.55. The highest BCUT2D eigenvalue weighted by atomic mass is 16.5. The molecule has 1 amide bonds. The predicted octanol–water partition coefficient (Wildman–Crippen LogP) is 1.65. The number of benzene rings is 1. The molecule has 5 nitrogen and oxygen atoms in total. The average Bonchev–Trinajstić information content (AvgIpc) is 2.53. The van der Waals surface area contributed by atoms with Crippen LogP contribution in [0.2, 0.25) is 0 Å². The van der Waals surface area contributed by atoms with Crippen molar-refractivity contribution >= 4 is 11.6 Å². The monoisotopic (exact) mass is 281 g/mol. The minimum absolute atomic E-state index is 0.262. The smallest absolute Gasteiger partial charge is 0.257 e. The number of nitrogens with one attached hydrogen (secondary N) is 1. The molecule has 0 bridgehead atoms. The highest BCUT2D eigenvalue weighted by Crippen LogP contribution is 2.23. The molecule has 2 aromatic rings. The summed E-state index contributed by atoms with van der Waals surface area (Å²) in [6.07, 6.45) is 3.07. The molecular formula is C16H15N3O2. The number of nitrogens with zero attached hydrogens (tertiary/aromatic N) is 1. The van der Waals surface area contributed by atoms with E-state index in [9.17, 15) is 4.79 Å². The fourth-order valence-electron chi connectivity index (χ4n) is 1.73. The lowest BCUT2D eigenvalue weighted by molar-refractivity contribution is 0.102. The molecule has 21 heavy (non-hydrogen) atoms. The summed E-state index contributed by atoms with van der Waals surface area (Å²) in [5, 5.41) is 2.78. The normalized spacial score (nSPS) is 9.43. The first-order chi connectivity index (χ1) is 10.2. The van der Waals surface area contributed by atoms with Crippen molar-refractivity contribution in [3.05, 3.63) is 53.9 Å². The Labute approximate surface area is 123 Å². The topological polar surface area (TPSA) is 77.2 Å². The summed E-state index contributed by atoms with van der Waals surface area (Å²) in [5.41, 5.74) is 6.99. The largest absolute Gasteiger partial charge is 0.495 e. The number of para-hydroxylation sites is 2. The second-order valence-corrected chi connectivity index (χ2v) is 4.12. The lowest BCUT2D eigenvalue weighted by Crippen LogP contribution is -2.13. The Kier molecular flexibility index (Phi) is 4.91. The Morgan fingerprint density at radius 2 is 2.19 bits per heavy atom. The van der Waals surface area contributed by atoms with Gasteiger partial charge >= 0.3 is 0 Å². The van der Waals surface area contributed by atoms with Gasteiger partial charge in [0.15, 0.2) is 0 Å². The molecule has 0 radical (unpaired) electrons. The van der Waals surface area contributed by atoms with Crippen LogP contribution in [-0.4, -0.2) is 24.5 Å². The first-order valence-corrected chi connectivity index (χ1v) is 6.33. The third-order valence-electron chi connectivity index (χ3n) is 2.69. The number of pyridine rings is 1. The molecule has 0 aliphatic rings. The van der Waals surface area contributed by atoms with Crippen LogP contribution in [0.5, 0.6) is 5.75 Å². The maximum atomic E-state index is 12.2. The van der Waals surface area contributed by atoms with Gasteiger partial charge in [-0.1, -0.05) is 24.0 Å². The predicted molar refractivity (Wildman–Crippen MR) is 81.1 cm³/mol. The van der Waals surface area contributed by atoms with Crippen LogP contribution in [0.3, 0.4) is 0 Å². The zero-order valence-corrected chi connectivity index (χ0v) is 11.6. The van der Waals surface area contributed by atoms with Crippen molar-refractivity contribution in [2.75, 3.05) is 19.0 Å². The maximum Gasteiger partial charge on any atom is 0.257 e. The fraction of sp³-hybridized carbons (Fsp3) is 0.125. The summed E-state index contributed by atoms with van der Waals surface area (Å²) in [6.45, 7) is 0.262. The number of hydrogen-bond acceptors (Lipinski definition) is 4. The van der Waals surface area contributed by atoms with E-state index in [1.807, 2.05) is 12.1 Å². The molecule has 3 N–H and O–H groups in total. The zero-order valence-electron chi connectivity index (χ0n) is 11.6. The molecule has 0 spiro atoms. The van der Waals surface area contributed by atoms with Crippen LogP contribution in [-0.2, 0) is 0 Å². The van der Waals surface area contributed by atoms with Crippen molar-refractivity contribution in [1.82, 2.24) is 4.98 Å². The quantitative estimate of drug-likeness (QED) is 0.839. The Bertz CT molecular complexity index is 702. The van der Waals surface area contributed by atoms with Gasteiger partial charge in [-0.3, -0.25) is 9.78 Å². The van der Waals surface area contributed by atoms with Crippen molar-refractivity contribution in [1.29, 1.82) is 0 Å². The van der Waals surface area contributed by atoms with Gasteiger partial charge in [0.1, 0.15) is 5.75 Å². The Morgan fingerprint density at radius 3 is 2.95 bits per heavy atom. The van der Waals surface area contributed by atoms with Gasteiger partial charge in [-0.15, -0.1) is 0 Å². The Hall–Kier alpha value is -2.84. The molecule has 2 rings (SSSR count). The van der Waals surface area contributed by atoms with E-state index in [-0.39, 0.29) is 12.5 Å². The van der Waals surface area contributed by atoms with E-state index in [0.29, 0.717) is 22.6 Å². The van der Waals surface area contributed by atoms with Crippen LogP contribution in [0.25, 0.3) is 0 Å². The van der Waals surface area contributed by atoms with Gasteiger partial charge in [-0.05, 0) is 18.2 Å². The van der Waals surface area contributed by atoms with Gasteiger partial charge in [-0.2, -0.15) is 0 Å². The number of anilines is 1. The highest BCUT2D eigenvalue weighted by molar-refractivity contribution is 6.05. The number of carbonyl (C=O) groups excluding carboxylic acids is 1. The standard InChI is InChI=1S/C16H15N3O2/c1-21-15-7-3-2-6-14(15)19-16(20)13-9-12(5-4-8-17)10-18-11-13/h2-3,6-7,9-11H,8,17H2,1H3,(H,19,20). The Balaban J connectivity index is 2.20. The molecule has 0 aliphatic heterocycles. The molecule has 0 unspecified atom stereocenters. The third kappa shape index (κ3) is 3.81. The van der Waals surface area contributed by atoms with Gasteiger partial charge in [-0.25, -0.2) is 0 Å². The second kappa shape index (κ2) is 7.08. The first kappa shape index (κ1) is 14.6. The van der Waals surface area contributed by atoms with Crippen LogP contribution in [0.4, 0.5) is 5.69 Å². The number of aromatic nitrogens is 1. The fourth-order valence-corrected chi connectivity index (χ4v) is 1.73. The number of amides is 1. The van der Waals surface area contributed by atoms with Crippen LogP contribution < -0.4 is 15.8 Å². The van der Waals surface area contributed by atoms with Crippen molar-refractivity contribution in [2.24, 2.45) is 5.73 Å². The summed E-state index contributed by atoms with van der Waals surface area (Å²) in [4.78, 5) is 16.2. The molecule has 106 valence electrons. The van der Waals surface area contributed by atoms with E-state index in [4.69, 9.17) is 10.5 Å². The van der Waals surface area contributed by atoms with Crippen LogP contribution in [0, 0.1) is 11.8 Å². The van der Waals surface area contributed by atoms with Crippen LogP contribution in [0.1, 0.15) is 15.9 Å².